The van der Waals surface area contributed by atoms with Crippen LogP contribution in [0.15, 0.2) is 18.2 Å². The molecular formula is C13H16N2O5. The van der Waals surface area contributed by atoms with Gasteiger partial charge in [-0.1, -0.05) is 0 Å². The Bertz CT molecular complexity index is 531. The second-order valence-electron chi connectivity index (χ2n) is 4.38. The van der Waals surface area contributed by atoms with Crippen LogP contribution in [0.4, 0.5) is 5.69 Å². The van der Waals surface area contributed by atoms with Gasteiger partial charge in [0.05, 0.1) is 25.9 Å². The van der Waals surface area contributed by atoms with Crippen LogP contribution in [0.25, 0.3) is 0 Å². The van der Waals surface area contributed by atoms with Crippen molar-refractivity contribution in [2.75, 3.05) is 32.6 Å². The van der Waals surface area contributed by atoms with Crippen LogP contribution in [0, 0.1) is 0 Å². The third-order valence-corrected chi connectivity index (χ3v) is 3.17. The zero-order valence-electron chi connectivity index (χ0n) is 11.0. The normalized spacial score (nSPS) is 18.6. The lowest BCUT2D eigenvalue weighted by atomic mass is 10.1. The van der Waals surface area contributed by atoms with Crippen LogP contribution in [-0.4, -0.2) is 54.8 Å². The van der Waals surface area contributed by atoms with Crippen molar-refractivity contribution < 1.29 is 24.2 Å². The lowest BCUT2D eigenvalue weighted by Crippen LogP contribution is -2.52. The summed E-state index contributed by atoms with van der Waals surface area (Å²) in [4.78, 5) is 24.9. The van der Waals surface area contributed by atoms with Crippen molar-refractivity contribution in [3.05, 3.63) is 23.8 Å². The van der Waals surface area contributed by atoms with E-state index in [1.54, 1.807) is 12.1 Å². The van der Waals surface area contributed by atoms with Crippen LogP contribution >= 0.6 is 0 Å². The molecule has 1 heterocycles. The Kier molecular flexibility index (Phi) is 4.09. The van der Waals surface area contributed by atoms with Crippen LogP contribution in [0.2, 0.25) is 0 Å². The smallest absolute Gasteiger partial charge is 0.328 e. The second kappa shape index (κ2) is 5.79. The molecule has 7 heteroatoms. The molecule has 1 atom stereocenters. The van der Waals surface area contributed by atoms with Crippen molar-refractivity contribution in [1.82, 2.24) is 4.90 Å². The number of methoxy groups -OCH3 is 1. The minimum Gasteiger partial charge on any atom is -0.497 e. The van der Waals surface area contributed by atoms with Crippen molar-refractivity contribution >= 4 is 17.6 Å². The third kappa shape index (κ3) is 2.67. The summed E-state index contributed by atoms with van der Waals surface area (Å²) in [5, 5.41) is 9.14. The summed E-state index contributed by atoms with van der Waals surface area (Å²) >= 11 is 0. The summed E-state index contributed by atoms with van der Waals surface area (Å²) in [6.45, 7) is 0.497. The largest absolute Gasteiger partial charge is 0.497 e. The van der Waals surface area contributed by atoms with E-state index in [1.165, 1.54) is 18.1 Å². The molecule has 1 aromatic carbocycles. The van der Waals surface area contributed by atoms with Gasteiger partial charge >= 0.3 is 5.97 Å². The minimum absolute atomic E-state index is 0.0229. The van der Waals surface area contributed by atoms with Gasteiger partial charge in [-0.2, -0.15) is 0 Å². The molecule has 1 aromatic rings. The average molecular weight is 280 g/mol. The Morgan fingerprint density at radius 1 is 1.50 bits per heavy atom. The number of ether oxygens (including phenoxy) is 2. The van der Waals surface area contributed by atoms with Gasteiger partial charge in [0.1, 0.15) is 5.75 Å². The quantitative estimate of drug-likeness (QED) is 0.767. The fraction of sp³-hybridized carbons (Fsp3) is 0.385. The number of amides is 1. The molecule has 0 radical (unpaired) electrons. The van der Waals surface area contributed by atoms with Gasteiger partial charge in [-0.15, -0.1) is 0 Å². The molecule has 1 aliphatic rings. The van der Waals surface area contributed by atoms with Crippen molar-refractivity contribution in [2.24, 2.45) is 0 Å². The summed E-state index contributed by atoms with van der Waals surface area (Å²) in [6.07, 6.45) is 0. The highest BCUT2D eigenvalue weighted by molar-refractivity contribution is 6.01. The van der Waals surface area contributed by atoms with Gasteiger partial charge in [0, 0.05) is 12.2 Å². The van der Waals surface area contributed by atoms with E-state index in [0.717, 1.165) is 0 Å². The zero-order valence-corrected chi connectivity index (χ0v) is 11.0. The van der Waals surface area contributed by atoms with E-state index in [2.05, 4.69) is 0 Å². The SMILES string of the molecule is COc1ccc(N)c(C(=O)N2CCOCC2C(=O)O)c1. The summed E-state index contributed by atoms with van der Waals surface area (Å²) in [6, 6.07) is 3.70. The second-order valence-corrected chi connectivity index (χ2v) is 4.38. The predicted molar refractivity (Wildman–Crippen MR) is 70.7 cm³/mol. The Balaban J connectivity index is 2.31. The van der Waals surface area contributed by atoms with Crippen molar-refractivity contribution in [2.45, 2.75) is 6.04 Å². The van der Waals surface area contributed by atoms with Crippen molar-refractivity contribution in [3.63, 3.8) is 0 Å². The molecule has 0 aromatic heterocycles. The van der Waals surface area contributed by atoms with Crippen LogP contribution < -0.4 is 10.5 Å². The molecule has 0 saturated carbocycles. The molecule has 1 aliphatic heterocycles. The van der Waals surface area contributed by atoms with Crippen LogP contribution in [0.1, 0.15) is 10.4 Å². The van der Waals surface area contributed by atoms with Gasteiger partial charge in [-0.3, -0.25) is 4.79 Å². The number of morpholine rings is 1. The topological polar surface area (TPSA) is 102 Å². The first-order chi connectivity index (χ1) is 9.54. The summed E-state index contributed by atoms with van der Waals surface area (Å²) in [7, 11) is 1.48. The number of benzene rings is 1. The molecular weight excluding hydrogens is 264 g/mol. The zero-order chi connectivity index (χ0) is 14.7. The highest BCUT2D eigenvalue weighted by Crippen LogP contribution is 2.22. The first-order valence-electron chi connectivity index (χ1n) is 6.09. The van der Waals surface area contributed by atoms with Crippen LogP contribution in [0.3, 0.4) is 0 Å². The number of anilines is 1. The third-order valence-electron chi connectivity index (χ3n) is 3.17. The van der Waals surface area contributed by atoms with Gasteiger partial charge in [0.2, 0.25) is 0 Å². The molecule has 3 N–H and O–H groups in total. The summed E-state index contributed by atoms with van der Waals surface area (Å²) < 4.78 is 10.2. The Morgan fingerprint density at radius 3 is 2.90 bits per heavy atom. The maximum absolute atomic E-state index is 12.5. The monoisotopic (exact) mass is 280 g/mol. The molecule has 1 saturated heterocycles. The molecule has 0 spiro atoms. The molecule has 1 unspecified atom stereocenters. The van der Waals surface area contributed by atoms with Crippen LogP contribution in [-0.2, 0) is 9.53 Å². The predicted octanol–water partition coefficient (Wildman–Crippen LogP) is 0.203. The van der Waals surface area contributed by atoms with E-state index in [1.807, 2.05) is 0 Å². The molecule has 2 rings (SSSR count). The van der Waals surface area contributed by atoms with Gasteiger partial charge in [0.25, 0.3) is 5.91 Å². The van der Waals surface area contributed by atoms with E-state index in [0.29, 0.717) is 12.4 Å². The van der Waals surface area contributed by atoms with Crippen molar-refractivity contribution in [3.8, 4) is 5.75 Å². The minimum atomic E-state index is -1.10. The lowest BCUT2D eigenvalue weighted by molar-refractivity contribution is -0.147. The number of nitrogens with two attached hydrogens (primary N) is 1. The number of carbonyl (C=O) groups excluding carboxylic acids is 1. The maximum Gasteiger partial charge on any atom is 0.328 e. The number of rotatable bonds is 3. The number of aliphatic carboxylic acids is 1. The first-order valence-corrected chi connectivity index (χ1v) is 6.09. The summed E-state index contributed by atoms with van der Waals surface area (Å²) in [5.74, 6) is -1.04. The molecule has 1 amide bonds. The van der Waals surface area contributed by atoms with Gasteiger partial charge < -0.3 is 25.2 Å². The number of hydrogen-bond acceptors (Lipinski definition) is 5. The Labute approximate surface area is 115 Å². The molecule has 108 valence electrons. The molecule has 20 heavy (non-hydrogen) atoms. The van der Waals surface area contributed by atoms with E-state index in [4.69, 9.17) is 20.3 Å². The molecule has 0 bridgehead atoms. The Hall–Kier alpha value is -2.28. The van der Waals surface area contributed by atoms with Gasteiger partial charge in [0.15, 0.2) is 6.04 Å². The number of carbonyl (C=O) groups is 2. The number of hydrogen-bond donors (Lipinski definition) is 2. The Morgan fingerprint density at radius 2 is 2.25 bits per heavy atom. The number of nitrogen functional groups attached to an aromatic ring is 1. The number of carboxylic acids is 1. The average Bonchev–Trinajstić information content (AvgIpc) is 2.47. The number of nitrogens with zero attached hydrogens (tertiary/aromatic N) is 1. The molecule has 1 fully saturated rings. The highest BCUT2D eigenvalue weighted by atomic mass is 16.5. The lowest BCUT2D eigenvalue weighted by Gasteiger charge is -2.33. The fourth-order valence-corrected chi connectivity index (χ4v) is 2.05. The standard InChI is InChI=1S/C13H16N2O5/c1-19-8-2-3-10(14)9(6-8)12(16)15-4-5-20-7-11(15)13(17)18/h2-3,6,11H,4-5,7,14H2,1H3,(H,17,18). The van der Waals surface area contributed by atoms with E-state index in [9.17, 15) is 9.59 Å². The van der Waals surface area contributed by atoms with E-state index < -0.39 is 17.9 Å². The van der Waals surface area contributed by atoms with Crippen LogP contribution in [0.5, 0.6) is 5.75 Å². The summed E-state index contributed by atoms with van der Waals surface area (Å²) in [5.41, 5.74) is 6.31. The molecule has 7 nitrogen and oxygen atoms in total. The first kappa shape index (κ1) is 14.1. The highest BCUT2D eigenvalue weighted by Gasteiger charge is 2.34. The van der Waals surface area contributed by atoms with E-state index in [-0.39, 0.29) is 24.4 Å². The van der Waals surface area contributed by atoms with E-state index >= 15 is 0 Å². The number of carboxylic acid groups (broad SMARTS) is 1. The fourth-order valence-electron chi connectivity index (χ4n) is 2.05. The maximum atomic E-state index is 12.5. The molecule has 0 aliphatic carbocycles. The van der Waals surface area contributed by atoms with Gasteiger partial charge in [-0.25, -0.2) is 4.79 Å². The van der Waals surface area contributed by atoms with Gasteiger partial charge in [-0.05, 0) is 18.2 Å². The van der Waals surface area contributed by atoms with Crippen molar-refractivity contribution in [1.29, 1.82) is 0 Å².